The first-order valence-electron chi connectivity index (χ1n) is 8.91. The maximum Gasteiger partial charge on any atom is 0.309 e. The number of esters is 1. The molecule has 1 saturated heterocycles. The normalized spacial score (nSPS) is 15.3. The Kier molecular flexibility index (Phi) is 5.84. The Morgan fingerprint density at radius 1 is 1.23 bits per heavy atom. The number of para-hydroxylation sites is 1. The number of hydrogen-bond acceptors (Lipinski definition) is 4. The van der Waals surface area contributed by atoms with Crippen LogP contribution in [0.15, 0.2) is 48.8 Å². The highest BCUT2D eigenvalue weighted by molar-refractivity contribution is 5.91. The molecule has 1 aliphatic rings. The zero-order valence-corrected chi connectivity index (χ0v) is 14.9. The van der Waals surface area contributed by atoms with Crippen molar-refractivity contribution in [2.45, 2.75) is 19.8 Å². The van der Waals surface area contributed by atoms with Crippen LogP contribution in [0.2, 0.25) is 0 Å². The molecule has 1 aliphatic heterocycles. The van der Waals surface area contributed by atoms with Crippen LogP contribution >= 0.6 is 0 Å². The van der Waals surface area contributed by atoms with E-state index in [-0.39, 0.29) is 17.8 Å². The molecule has 0 unspecified atom stereocenters. The fourth-order valence-corrected chi connectivity index (χ4v) is 3.01. The lowest BCUT2D eigenvalue weighted by molar-refractivity contribution is -0.150. The Bertz CT molecular complexity index is 775. The molecule has 0 bridgehead atoms. The predicted molar refractivity (Wildman–Crippen MR) is 98.5 cm³/mol. The third-order valence-corrected chi connectivity index (χ3v) is 4.47. The number of likely N-dealkylation sites (tertiary alicyclic amines) is 1. The molecule has 0 aliphatic carbocycles. The number of aromatic nitrogens is 2. The summed E-state index contributed by atoms with van der Waals surface area (Å²) in [6.45, 7) is 3.37. The Morgan fingerprint density at radius 2 is 1.96 bits per heavy atom. The van der Waals surface area contributed by atoms with Crippen molar-refractivity contribution in [2.75, 3.05) is 19.7 Å². The molecule has 6 nitrogen and oxygen atoms in total. The number of piperidine rings is 1. The highest BCUT2D eigenvalue weighted by atomic mass is 16.5. The topological polar surface area (TPSA) is 64.4 Å². The molecule has 1 aromatic carbocycles. The summed E-state index contributed by atoms with van der Waals surface area (Å²) in [6.07, 6.45) is 8.26. The lowest BCUT2D eigenvalue weighted by Crippen LogP contribution is -2.39. The summed E-state index contributed by atoms with van der Waals surface area (Å²) in [5, 5.41) is 4.31. The zero-order valence-electron chi connectivity index (χ0n) is 14.9. The minimum absolute atomic E-state index is 0.0419. The summed E-state index contributed by atoms with van der Waals surface area (Å²) < 4.78 is 6.83. The van der Waals surface area contributed by atoms with Crippen molar-refractivity contribution in [3.63, 3.8) is 0 Å². The second-order valence-electron chi connectivity index (χ2n) is 6.24. The van der Waals surface area contributed by atoms with Crippen molar-refractivity contribution in [2.24, 2.45) is 5.92 Å². The Morgan fingerprint density at radius 3 is 2.65 bits per heavy atom. The number of ether oxygens (including phenoxy) is 1. The minimum atomic E-state index is -0.150. The number of rotatable bonds is 5. The summed E-state index contributed by atoms with van der Waals surface area (Å²) >= 11 is 0. The number of nitrogens with zero attached hydrogens (tertiary/aromatic N) is 3. The molecule has 0 spiro atoms. The molecule has 3 rings (SSSR count). The van der Waals surface area contributed by atoms with E-state index in [2.05, 4.69) is 5.10 Å². The van der Waals surface area contributed by atoms with Crippen LogP contribution in [-0.4, -0.2) is 46.3 Å². The highest BCUT2D eigenvalue weighted by Gasteiger charge is 2.27. The average molecular weight is 353 g/mol. The van der Waals surface area contributed by atoms with Crippen LogP contribution in [0.3, 0.4) is 0 Å². The molecule has 1 amide bonds. The SMILES string of the molecule is CCOC(=O)C1CCN(C(=O)/C=C/c2cnn(-c3ccccc3)c2)CC1. The third kappa shape index (κ3) is 4.39. The Labute approximate surface area is 153 Å². The summed E-state index contributed by atoms with van der Waals surface area (Å²) in [5.41, 5.74) is 1.84. The van der Waals surface area contributed by atoms with Gasteiger partial charge in [-0.15, -0.1) is 0 Å². The molecular formula is C20H23N3O3. The Balaban J connectivity index is 1.54. The molecule has 136 valence electrons. The van der Waals surface area contributed by atoms with Gasteiger partial charge in [-0.3, -0.25) is 9.59 Å². The van der Waals surface area contributed by atoms with Crippen LogP contribution in [0.5, 0.6) is 0 Å². The van der Waals surface area contributed by atoms with Gasteiger partial charge in [0.2, 0.25) is 5.91 Å². The van der Waals surface area contributed by atoms with E-state index in [1.165, 1.54) is 0 Å². The first-order chi connectivity index (χ1) is 12.7. The maximum atomic E-state index is 12.3. The van der Waals surface area contributed by atoms with Gasteiger partial charge in [0.25, 0.3) is 0 Å². The molecule has 2 heterocycles. The van der Waals surface area contributed by atoms with Gasteiger partial charge >= 0.3 is 5.97 Å². The first kappa shape index (κ1) is 17.9. The van der Waals surface area contributed by atoms with Crippen molar-refractivity contribution < 1.29 is 14.3 Å². The van der Waals surface area contributed by atoms with Crippen LogP contribution < -0.4 is 0 Å². The monoisotopic (exact) mass is 353 g/mol. The largest absolute Gasteiger partial charge is 0.466 e. The second kappa shape index (κ2) is 8.47. The lowest BCUT2D eigenvalue weighted by atomic mass is 9.97. The number of carbonyl (C=O) groups excluding carboxylic acids is 2. The summed E-state index contributed by atoms with van der Waals surface area (Å²) in [4.78, 5) is 25.9. The number of hydrogen-bond donors (Lipinski definition) is 0. The summed E-state index contributed by atoms with van der Waals surface area (Å²) in [7, 11) is 0. The lowest BCUT2D eigenvalue weighted by Gasteiger charge is -2.30. The van der Waals surface area contributed by atoms with Gasteiger partial charge in [-0.2, -0.15) is 5.10 Å². The minimum Gasteiger partial charge on any atom is -0.466 e. The maximum absolute atomic E-state index is 12.3. The van der Waals surface area contributed by atoms with Crippen molar-refractivity contribution >= 4 is 18.0 Å². The molecule has 0 atom stereocenters. The Hall–Kier alpha value is -2.89. The summed E-state index contributed by atoms with van der Waals surface area (Å²) in [6, 6.07) is 9.81. The standard InChI is InChI=1S/C20H23N3O3/c1-2-26-20(25)17-10-12-22(13-11-17)19(24)9-8-16-14-21-23(15-16)18-6-4-3-5-7-18/h3-9,14-15,17H,2,10-13H2,1H3/b9-8+. The fraction of sp³-hybridized carbons (Fsp3) is 0.350. The van der Waals surface area contributed by atoms with Gasteiger partial charge < -0.3 is 9.64 Å². The predicted octanol–water partition coefficient (Wildman–Crippen LogP) is 2.69. The van der Waals surface area contributed by atoms with Crippen molar-refractivity contribution in [1.29, 1.82) is 0 Å². The van der Waals surface area contributed by atoms with Crippen molar-refractivity contribution in [1.82, 2.24) is 14.7 Å². The molecule has 26 heavy (non-hydrogen) atoms. The van der Waals surface area contributed by atoms with E-state index in [0.29, 0.717) is 32.5 Å². The number of carbonyl (C=O) groups is 2. The van der Waals surface area contributed by atoms with E-state index in [4.69, 9.17) is 4.74 Å². The third-order valence-electron chi connectivity index (χ3n) is 4.47. The quantitative estimate of drug-likeness (QED) is 0.612. The van der Waals surface area contributed by atoms with Crippen LogP contribution in [0.1, 0.15) is 25.3 Å². The molecule has 6 heteroatoms. The van der Waals surface area contributed by atoms with E-state index in [9.17, 15) is 9.59 Å². The first-order valence-corrected chi connectivity index (χ1v) is 8.91. The van der Waals surface area contributed by atoms with E-state index in [1.54, 1.807) is 34.9 Å². The van der Waals surface area contributed by atoms with Gasteiger partial charge in [-0.1, -0.05) is 18.2 Å². The van der Waals surface area contributed by atoms with Gasteiger partial charge in [0.05, 0.1) is 24.4 Å². The van der Waals surface area contributed by atoms with E-state index in [0.717, 1.165) is 11.3 Å². The molecule has 0 saturated carbocycles. The van der Waals surface area contributed by atoms with E-state index >= 15 is 0 Å². The van der Waals surface area contributed by atoms with Gasteiger partial charge in [0.1, 0.15) is 0 Å². The highest BCUT2D eigenvalue weighted by Crippen LogP contribution is 2.19. The number of amides is 1. The van der Waals surface area contributed by atoms with Crippen molar-refractivity contribution in [3.8, 4) is 5.69 Å². The molecule has 0 radical (unpaired) electrons. The van der Waals surface area contributed by atoms with E-state index in [1.807, 2.05) is 36.5 Å². The second-order valence-corrected chi connectivity index (χ2v) is 6.24. The molecule has 0 N–H and O–H groups in total. The van der Waals surface area contributed by atoms with Gasteiger partial charge in [0, 0.05) is 30.9 Å². The van der Waals surface area contributed by atoms with Crippen molar-refractivity contribution in [3.05, 3.63) is 54.4 Å². The van der Waals surface area contributed by atoms with Gasteiger partial charge in [0.15, 0.2) is 0 Å². The van der Waals surface area contributed by atoms with E-state index < -0.39 is 0 Å². The van der Waals surface area contributed by atoms with Gasteiger partial charge in [-0.05, 0) is 38.0 Å². The summed E-state index contributed by atoms with van der Waals surface area (Å²) in [5.74, 6) is -0.282. The molecule has 1 aromatic heterocycles. The number of benzene rings is 1. The van der Waals surface area contributed by atoms with Gasteiger partial charge in [-0.25, -0.2) is 4.68 Å². The molecule has 2 aromatic rings. The molecule has 1 fully saturated rings. The average Bonchev–Trinajstić information content (AvgIpc) is 3.16. The zero-order chi connectivity index (χ0) is 18.4. The van der Waals surface area contributed by atoms with Crippen LogP contribution in [0.25, 0.3) is 11.8 Å². The van der Waals surface area contributed by atoms with Crippen LogP contribution in [0.4, 0.5) is 0 Å². The fourth-order valence-electron chi connectivity index (χ4n) is 3.01. The molecular weight excluding hydrogens is 330 g/mol. The smallest absolute Gasteiger partial charge is 0.309 e. The van der Waals surface area contributed by atoms with Crippen LogP contribution in [0, 0.1) is 5.92 Å². The van der Waals surface area contributed by atoms with Crippen LogP contribution in [-0.2, 0) is 14.3 Å².